The van der Waals surface area contributed by atoms with Crippen molar-refractivity contribution in [1.82, 2.24) is 4.90 Å². The van der Waals surface area contributed by atoms with Gasteiger partial charge in [-0.2, -0.15) is 4.99 Å². The Bertz CT molecular complexity index is 1490. The van der Waals surface area contributed by atoms with Crippen LogP contribution in [0.2, 0.25) is 0 Å². The van der Waals surface area contributed by atoms with Crippen LogP contribution in [-0.2, 0) is 20.9 Å². The molecule has 1 aliphatic carbocycles. The first-order valence-electron chi connectivity index (χ1n) is 16.5. The number of carbonyl (C=O) groups is 2. The first-order valence-corrected chi connectivity index (χ1v) is 16.5. The summed E-state index contributed by atoms with van der Waals surface area (Å²) < 4.78 is 12.3. The Hall–Kier alpha value is -4.30. The highest BCUT2D eigenvalue weighted by molar-refractivity contribution is 5.91. The molecule has 47 heavy (non-hydrogen) atoms. The van der Waals surface area contributed by atoms with Crippen LogP contribution in [0.15, 0.2) is 71.7 Å². The van der Waals surface area contributed by atoms with Crippen molar-refractivity contribution >= 4 is 29.5 Å². The molecule has 3 aromatic rings. The number of nitrogens with zero attached hydrogens (tertiary/aromatic N) is 2. The number of urea groups is 1. The number of hydrogen-bond donors (Lipinski definition) is 2. The van der Waals surface area contributed by atoms with Crippen molar-refractivity contribution in [2.45, 2.75) is 91.5 Å². The third-order valence-corrected chi connectivity index (χ3v) is 8.33. The molecule has 9 heteroatoms. The molecule has 9 nitrogen and oxygen atoms in total. The highest BCUT2D eigenvalue weighted by Gasteiger charge is 2.24. The van der Waals surface area contributed by atoms with Crippen LogP contribution in [0.4, 0.5) is 16.2 Å². The number of anilines is 1. The van der Waals surface area contributed by atoms with E-state index < -0.39 is 5.97 Å². The number of nitrogens with one attached hydrogen (secondary N) is 1. The molecule has 0 radical (unpaired) electrons. The minimum Gasteiger partial charge on any atom is -0.478 e. The molecule has 1 fully saturated rings. The number of aryl methyl sites for hydroxylation is 3. The van der Waals surface area contributed by atoms with Gasteiger partial charge in [-0.1, -0.05) is 74.4 Å². The molecule has 1 aliphatic rings. The average molecular weight is 644 g/mol. The lowest BCUT2D eigenvalue weighted by atomic mass is 9.94. The van der Waals surface area contributed by atoms with Gasteiger partial charge in [0.2, 0.25) is 6.08 Å². The van der Waals surface area contributed by atoms with Crippen LogP contribution in [0, 0.1) is 20.8 Å². The fraction of sp³-hybridized carbons (Fsp3) is 0.447. The number of hydrogen-bond acceptors (Lipinski definition) is 6. The van der Waals surface area contributed by atoms with Gasteiger partial charge in [-0.05, 0) is 87.3 Å². The summed E-state index contributed by atoms with van der Waals surface area (Å²) in [4.78, 5) is 39.9. The van der Waals surface area contributed by atoms with Crippen LogP contribution in [0.3, 0.4) is 0 Å². The molecule has 0 saturated heterocycles. The number of unbranched alkanes of at least 4 members (excludes halogenated alkanes) is 2. The Morgan fingerprint density at radius 1 is 0.894 bits per heavy atom. The Balaban J connectivity index is 0.000000511. The third kappa shape index (κ3) is 12.4. The van der Waals surface area contributed by atoms with E-state index in [2.05, 4.69) is 17.2 Å². The largest absolute Gasteiger partial charge is 0.478 e. The second-order valence-electron chi connectivity index (χ2n) is 11.9. The molecule has 1 saturated carbocycles. The number of isocyanates is 1. The summed E-state index contributed by atoms with van der Waals surface area (Å²) in [5.74, 6) is -0.920. The lowest BCUT2D eigenvalue weighted by Gasteiger charge is -2.30. The molecule has 252 valence electrons. The number of amides is 2. The lowest BCUT2D eigenvalue weighted by Crippen LogP contribution is -2.39. The molecule has 3 aromatic carbocycles. The van der Waals surface area contributed by atoms with E-state index in [4.69, 9.17) is 9.47 Å². The summed E-state index contributed by atoms with van der Waals surface area (Å²) in [7, 11) is 0. The van der Waals surface area contributed by atoms with Gasteiger partial charge in [-0.3, -0.25) is 0 Å². The summed E-state index contributed by atoms with van der Waals surface area (Å²) in [6.07, 6.45) is 8.45. The lowest BCUT2D eigenvalue weighted by molar-refractivity contribution is -0.0523. The van der Waals surface area contributed by atoms with E-state index in [1.807, 2.05) is 86.3 Å². The van der Waals surface area contributed by atoms with E-state index >= 15 is 0 Å². The molecule has 0 aliphatic heterocycles. The molecular weight excluding hydrogens is 594 g/mol. The fourth-order valence-corrected chi connectivity index (χ4v) is 5.61. The van der Waals surface area contributed by atoms with Gasteiger partial charge in [0.05, 0.1) is 36.7 Å². The Labute approximate surface area is 279 Å². The van der Waals surface area contributed by atoms with Gasteiger partial charge in [-0.25, -0.2) is 14.4 Å². The van der Waals surface area contributed by atoms with Gasteiger partial charge in [0.15, 0.2) is 0 Å². The van der Waals surface area contributed by atoms with E-state index in [0.717, 1.165) is 67.3 Å². The minimum absolute atomic E-state index is 0.0333. The van der Waals surface area contributed by atoms with Gasteiger partial charge in [0, 0.05) is 18.8 Å². The SMILES string of the molecule is CCCCCN(CCOC1CCCC(OCc2cccc(C)c2C(=O)O)C1)C(=O)Nc1ccccc1C.Cc1ccccc1N=C=O. The zero-order valence-electron chi connectivity index (χ0n) is 28.2. The maximum absolute atomic E-state index is 13.0. The zero-order chi connectivity index (χ0) is 34.0. The average Bonchev–Trinajstić information content (AvgIpc) is 3.05. The Kier molecular flexibility index (Phi) is 15.9. The van der Waals surface area contributed by atoms with Crippen molar-refractivity contribution in [1.29, 1.82) is 0 Å². The maximum Gasteiger partial charge on any atom is 0.336 e. The zero-order valence-corrected chi connectivity index (χ0v) is 28.2. The molecule has 0 spiro atoms. The van der Waals surface area contributed by atoms with E-state index in [0.29, 0.717) is 36.5 Å². The van der Waals surface area contributed by atoms with Crippen LogP contribution < -0.4 is 5.32 Å². The number of carboxylic acids is 1. The molecule has 0 bridgehead atoms. The summed E-state index contributed by atoms with van der Waals surface area (Å²) in [5.41, 5.74) is 5.34. The quantitative estimate of drug-likeness (QED) is 0.103. The summed E-state index contributed by atoms with van der Waals surface area (Å²) in [5, 5.41) is 12.6. The van der Waals surface area contributed by atoms with Gasteiger partial charge < -0.3 is 24.8 Å². The Morgan fingerprint density at radius 2 is 1.57 bits per heavy atom. The molecule has 0 heterocycles. The Morgan fingerprint density at radius 3 is 2.26 bits per heavy atom. The standard InChI is InChI=1S/C30H42N2O5.C8H7NO/c1-4-5-8-17-32(30(35)31-27-16-7-6-11-22(27)2)18-19-36-25-14-10-15-26(20-25)37-21-24-13-9-12-23(3)28(24)29(33)34;1-7-4-2-3-5-8(7)9-6-10/h6-7,9,11-13,16,25-26H,4-5,8,10,14-15,17-21H2,1-3H3,(H,31,35)(H,33,34);2-5H,1H3. The second-order valence-corrected chi connectivity index (χ2v) is 11.9. The number of ether oxygens (including phenoxy) is 2. The number of carbonyl (C=O) groups excluding carboxylic acids is 2. The van der Waals surface area contributed by atoms with Crippen LogP contribution >= 0.6 is 0 Å². The first kappa shape index (κ1) is 37.2. The molecule has 0 aromatic heterocycles. The number of para-hydroxylation sites is 2. The van der Waals surface area contributed by atoms with Crippen molar-refractivity contribution in [3.05, 3.63) is 94.5 Å². The summed E-state index contributed by atoms with van der Waals surface area (Å²) in [6.45, 7) is 9.85. The molecule has 4 rings (SSSR count). The maximum atomic E-state index is 13.0. The molecular formula is C38H49N3O6. The number of rotatable bonds is 14. The van der Waals surface area contributed by atoms with Gasteiger partial charge in [0.1, 0.15) is 0 Å². The first-order chi connectivity index (χ1) is 22.7. The van der Waals surface area contributed by atoms with E-state index in [-0.39, 0.29) is 24.8 Å². The predicted molar refractivity (Wildman–Crippen MR) is 185 cm³/mol. The van der Waals surface area contributed by atoms with Crippen molar-refractivity contribution < 1.29 is 29.0 Å². The van der Waals surface area contributed by atoms with Crippen LogP contribution in [0.5, 0.6) is 0 Å². The normalized spacial score (nSPS) is 15.5. The predicted octanol–water partition coefficient (Wildman–Crippen LogP) is 8.53. The molecule has 2 N–H and O–H groups in total. The number of carboxylic acid groups (broad SMARTS) is 1. The smallest absolute Gasteiger partial charge is 0.336 e. The van der Waals surface area contributed by atoms with Gasteiger partial charge >= 0.3 is 12.0 Å². The second kappa shape index (κ2) is 20.0. The van der Waals surface area contributed by atoms with Crippen molar-refractivity contribution in [3.63, 3.8) is 0 Å². The highest BCUT2D eigenvalue weighted by atomic mass is 16.5. The fourth-order valence-electron chi connectivity index (χ4n) is 5.61. The third-order valence-electron chi connectivity index (χ3n) is 8.33. The monoisotopic (exact) mass is 643 g/mol. The topological polar surface area (TPSA) is 118 Å². The van der Waals surface area contributed by atoms with Crippen LogP contribution in [-0.4, -0.2) is 60.0 Å². The highest BCUT2D eigenvalue weighted by Crippen LogP contribution is 2.26. The van der Waals surface area contributed by atoms with Crippen LogP contribution in [0.1, 0.15) is 84.5 Å². The number of aliphatic imine (C=N–C) groups is 1. The minimum atomic E-state index is -0.920. The van der Waals surface area contributed by atoms with E-state index in [1.165, 1.54) is 6.08 Å². The molecule has 2 atom stereocenters. The number of benzene rings is 3. The van der Waals surface area contributed by atoms with E-state index in [1.54, 1.807) is 6.07 Å². The van der Waals surface area contributed by atoms with Gasteiger partial charge in [0.25, 0.3) is 0 Å². The van der Waals surface area contributed by atoms with Gasteiger partial charge in [-0.15, -0.1) is 0 Å². The van der Waals surface area contributed by atoms with Crippen molar-refractivity contribution in [2.75, 3.05) is 25.0 Å². The number of aromatic carboxylic acids is 1. The summed E-state index contributed by atoms with van der Waals surface area (Å²) in [6, 6.07) is 20.6. The van der Waals surface area contributed by atoms with Crippen LogP contribution in [0.25, 0.3) is 0 Å². The van der Waals surface area contributed by atoms with Crippen molar-refractivity contribution in [2.24, 2.45) is 4.99 Å². The molecule has 2 amide bonds. The molecule has 2 unspecified atom stereocenters. The summed E-state index contributed by atoms with van der Waals surface area (Å²) >= 11 is 0. The van der Waals surface area contributed by atoms with Crippen molar-refractivity contribution in [3.8, 4) is 0 Å². The van der Waals surface area contributed by atoms with E-state index in [9.17, 15) is 19.5 Å².